The lowest BCUT2D eigenvalue weighted by atomic mass is 10.1. The molecule has 3 heteroatoms. The standard InChI is InChI=1S/C15H28OS2/c1-13(2)9-6-7-11-15(18-17-5)16-12-8-10-14(3)4/h13-15H,6-7,9,11-12H2,1-5H3/t15-/m0/s1. The quantitative estimate of drug-likeness (QED) is 0.249. The lowest BCUT2D eigenvalue weighted by Crippen LogP contribution is -2.08. The fourth-order valence-corrected chi connectivity index (χ4v) is 3.21. The first-order valence-corrected chi connectivity index (χ1v) is 9.47. The zero-order valence-corrected chi connectivity index (χ0v) is 14.1. The molecule has 1 atom stereocenters. The topological polar surface area (TPSA) is 9.23 Å². The molecule has 0 aromatic rings. The largest absolute Gasteiger partial charge is 0.354 e. The fraction of sp³-hybridized carbons (Fsp3) is 0.867. The monoisotopic (exact) mass is 288 g/mol. The Bertz CT molecular complexity index is 241. The van der Waals surface area contributed by atoms with Gasteiger partial charge < -0.3 is 4.74 Å². The van der Waals surface area contributed by atoms with Crippen molar-refractivity contribution in [1.29, 1.82) is 0 Å². The third-order valence-electron chi connectivity index (χ3n) is 2.41. The summed E-state index contributed by atoms with van der Waals surface area (Å²) < 4.78 is 5.81. The minimum Gasteiger partial charge on any atom is -0.354 e. The van der Waals surface area contributed by atoms with Crippen LogP contribution in [0.15, 0.2) is 0 Å². The van der Waals surface area contributed by atoms with Gasteiger partial charge in [-0.25, -0.2) is 0 Å². The van der Waals surface area contributed by atoms with Crippen molar-refractivity contribution in [2.75, 3.05) is 12.9 Å². The summed E-state index contributed by atoms with van der Waals surface area (Å²) in [4.78, 5) is 0. The average molecular weight is 289 g/mol. The summed E-state index contributed by atoms with van der Waals surface area (Å²) in [7, 11) is 3.60. The third-order valence-corrected chi connectivity index (χ3v) is 4.41. The molecule has 0 saturated carbocycles. The summed E-state index contributed by atoms with van der Waals surface area (Å²) in [5.41, 5.74) is 0.300. The van der Waals surface area contributed by atoms with E-state index in [0.717, 1.165) is 12.3 Å². The molecule has 0 aromatic carbocycles. The fourth-order valence-electron chi connectivity index (χ4n) is 1.51. The van der Waals surface area contributed by atoms with E-state index in [4.69, 9.17) is 4.74 Å². The Kier molecular flexibility index (Phi) is 12.4. The van der Waals surface area contributed by atoms with Crippen LogP contribution >= 0.6 is 21.6 Å². The predicted molar refractivity (Wildman–Crippen MR) is 86.8 cm³/mol. The van der Waals surface area contributed by atoms with Crippen molar-refractivity contribution in [3.05, 3.63) is 0 Å². The van der Waals surface area contributed by atoms with E-state index in [-0.39, 0.29) is 0 Å². The van der Waals surface area contributed by atoms with Crippen LogP contribution in [0, 0.1) is 23.7 Å². The highest BCUT2D eigenvalue weighted by atomic mass is 33.1. The summed E-state index contributed by atoms with van der Waals surface area (Å²) in [6.07, 6.45) is 7.14. The number of rotatable bonds is 9. The van der Waals surface area contributed by atoms with Crippen LogP contribution < -0.4 is 0 Å². The molecule has 0 spiro atoms. The minimum atomic E-state index is 0.300. The van der Waals surface area contributed by atoms with Gasteiger partial charge in [0.25, 0.3) is 0 Å². The van der Waals surface area contributed by atoms with Gasteiger partial charge in [0, 0.05) is 5.92 Å². The Labute approximate surface area is 122 Å². The van der Waals surface area contributed by atoms with Gasteiger partial charge in [0.15, 0.2) is 0 Å². The zero-order chi connectivity index (χ0) is 13.8. The molecule has 0 bridgehead atoms. The maximum Gasteiger partial charge on any atom is 0.114 e. The molecule has 0 aliphatic carbocycles. The van der Waals surface area contributed by atoms with Gasteiger partial charge in [-0.1, -0.05) is 74.0 Å². The van der Waals surface area contributed by atoms with E-state index in [0.29, 0.717) is 18.0 Å². The maximum atomic E-state index is 5.81. The Morgan fingerprint density at radius 1 is 1.06 bits per heavy atom. The third kappa shape index (κ3) is 12.7. The molecule has 0 amide bonds. The number of ether oxygens (including phenoxy) is 1. The predicted octanol–water partition coefficient (Wildman–Crippen LogP) is 5.22. The smallest absolute Gasteiger partial charge is 0.114 e. The van der Waals surface area contributed by atoms with E-state index in [1.54, 1.807) is 10.8 Å². The van der Waals surface area contributed by atoms with Crippen LogP contribution in [0.4, 0.5) is 0 Å². The molecule has 0 aliphatic rings. The molecule has 1 nitrogen and oxygen atoms in total. The Balaban J connectivity index is 3.75. The van der Waals surface area contributed by atoms with Crippen molar-refractivity contribution < 1.29 is 4.74 Å². The summed E-state index contributed by atoms with van der Waals surface area (Å²) in [6, 6.07) is 0. The van der Waals surface area contributed by atoms with Crippen molar-refractivity contribution in [2.24, 2.45) is 11.8 Å². The van der Waals surface area contributed by atoms with Gasteiger partial charge in [0.1, 0.15) is 12.0 Å². The van der Waals surface area contributed by atoms with E-state index < -0.39 is 0 Å². The molecule has 106 valence electrons. The molecule has 0 N–H and O–H groups in total. The van der Waals surface area contributed by atoms with E-state index in [1.807, 2.05) is 10.8 Å². The lowest BCUT2D eigenvalue weighted by molar-refractivity contribution is 0.135. The highest BCUT2D eigenvalue weighted by Crippen LogP contribution is 2.28. The van der Waals surface area contributed by atoms with Gasteiger partial charge in [0.05, 0.1) is 0 Å². The molecule has 18 heavy (non-hydrogen) atoms. The molecule has 0 rings (SSSR count). The Hall–Kier alpha value is 0.220. The van der Waals surface area contributed by atoms with E-state index in [2.05, 4.69) is 45.8 Å². The van der Waals surface area contributed by atoms with Crippen LogP contribution in [-0.4, -0.2) is 18.3 Å². The summed E-state index contributed by atoms with van der Waals surface area (Å²) in [6.45, 7) is 9.35. The van der Waals surface area contributed by atoms with Crippen LogP contribution in [0.2, 0.25) is 0 Å². The van der Waals surface area contributed by atoms with Gasteiger partial charge in [-0.3, -0.25) is 0 Å². The van der Waals surface area contributed by atoms with Gasteiger partial charge in [-0.2, -0.15) is 0 Å². The molecule has 0 radical (unpaired) electrons. The second kappa shape index (κ2) is 12.3. The molecule has 0 heterocycles. The van der Waals surface area contributed by atoms with Crippen LogP contribution in [0.1, 0.15) is 53.4 Å². The zero-order valence-electron chi connectivity index (χ0n) is 12.5. The highest BCUT2D eigenvalue weighted by Gasteiger charge is 2.08. The second-order valence-electron chi connectivity index (χ2n) is 5.16. The van der Waals surface area contributed by atoms with Gasteiger partial charge in [0.2, 0.25) is 0 Å². The van der Waals surface area contributed by atoms with Crippen molar-refractivity contribution in [1.82, 2.24) is 0 Å². The van der Waals surface area contributed by atoms with E-state index in [1.165, 1.54) is 19.3 Å². The summed E-state index contributed by atoms with van der Waals surface area (Å²) in [5.74, 6) is 7.47. The first-order chi connectivity index (χ1) is 8.56. The lowest BCUT2D eigenvalue weighted by Gasteiger charge is -2.14. The summed E-state index contributed by atoms with van der Waals surface area (Å²) in [5, 5.41) is 0. The second-order valence-corrected chi connectivity index (χ2v) is 7.79. The first kappa shape index (κ1) is 18.2. The number of unbranched alkanes of at least 4 members (excludes halogenated alkanes) is 1. The Morgan fingerprint density at radius 2 is 1.72 bits per heavy atom. The molecular formula is C15H28OS2. The minimum absolute atomic E-state index is 0.300. The van der Waals surface area contributed by atoms with Crippen LogP contribution in [0.5, 0.6) is 0 Å². The first-order valence-electron chi connectivity index (χ1n) is 6.85. The SMILES string of the molecule is CSS[C@@H](CCCCC(C)C)OCC#CC(C)C. The normalized spacial score (nSPS) is 12.6. The van der Waals surface area contributed by atoms with Crippen molar-refractivity contribution >= 4 is 21.6 Å². The molecule has 0 unspecified atom stereocenters. The average Bonchev–Trinajstić information content (AvgIpc) is 2.29. The molecule has 0 aliphatic heterocycles. The van der Waals surface area contributed by atoms with E-state index in [9.17, 15) is 0 Å². The molecule has 0 saturated heterocycles. The van der Waals surface area contributed by atoms with Crippen LogP contribution in [0.25, 0.3) is 0 Å². The number of hydrogen-bond acceptors (Lipinski definition) is 3. The van der Waals surface area contributed by atoms with Gasteiger partial charge in [-0.05, 0) is 25.0 Å². The van der Waals surface area contributed by atoms with E-state index >= 15 is 0 Å². The van der Waals surface area contributed by atoms with Crippen LogP contribution in [0.3, 0.4) is 0 Å². The number of hydrogen-bond donors (Lipinski definition) is 0. The summed E-state index contributed by atoms with van der Waals surface area (Å²) >= 11 is 0. The van der Waals surface area contributed by atoms with Crippen molar-refractivity contribution in [3.8, 4) is 11.8 Å². The van der Waals surface area contributed by atoms with Crippen LogP contribution in [-0.2, 0) is 4.74 Å². The maximum absolute atomic E-state index is 5.81. The van der Waals surface area contributed by atoms with Crippen molar-refractivity contribution in [2.45, 2.75) is 58.8 Å². The van der Waals surface area contributed by atoms with Gasteiger partial charge >= 0.3 is 0 Å². The molecule has 0 fully saturated rings. The van der Waals surface area contributed by atoms with Gasteiger partial charge in [-0.15, -0.1) is 0 Å². The molecular weight excluding hydrogens is 260 g/mol. The molecule has 0 aromatic heterocycles. The highest BCUT2D eigenvalue weighted by molar-refractivity contribution is 8.76. The van der Waals surface area contributed by atoms with Crippen molar-refractivity contribution in [3.63, 3.8) is 0 Å². The Morgan fingerprint density at radius 3 is 2.28 bits per heavy atom.